The minimum absolute atomic E-state index is 0.366. The zero-order valence-electron chi connectivity index (χ0n) is 11.4. The number of aryl methyl sites for hydroxylation is 1. The highest BCUT2D eigenvalue weighted by molar-refractivity contribution is 9.11. The Morgan fingerprint density at radius 2 is 1.90 bits per heavy atom. The molecule has 0 aliphatic rings. The maximum atomic E-state index is 5.83. The van der Waals surface area contributed by atoms with Gasteiger partial charge in [0, 0.05) is 7.05 Å². The van der Waals surface area contributed by atoms with Crippen LogP contribution < -0.4 is 10.5 Å². The van der Waals surface area contributed by atoms with Crippen LogP contribution in [0.1, 0.15) is 17.2 Å². The minimum atomic E-state index is 0.366. The van der Waals surface area contributed by atoms with Crippen LogP contribution in [0.15, 0.2) is 21.1 Å². The van der Waals surface area contributed by atoms with Gasteiger partial charge in [-0.05, 0) is 69.4 Å². The van der Waals surface area contributed by atoms with Crippen molar-refractivity contribution in [3.05, 3.63) is 38.3 Å². The Balaban J connectivity index is 2.15. The number of benzene rings is 1. The van der Waals surface area contributed by atoms with Gasteiger partial charge >= 0.3 is 0 Å². The molecule has 2 aromatic rings. The molecular formula is C13H16Br2N4O. The summed E-state index contributed by atoms with van der Waals surface area (Å²) in [4.78, 5) is 0. The molecular weight excluding hydrogens is 388 g/mol. The van der Waals surface area contributed by atoms with Crippen LogP contribution in [0.2, 0.25) is 0 Å². The van der Waals surface area contributed by atoms with Gasteiger partial charge in [0.05, 0.1) is 8.95 Å². The van der Waals surface area contributed by atoms with Crippen LogP contribution in [0.4, 0.5) is 0 Å². The third-order valence-corrected chi connectivity index (χ3v) is 4.20. The van der Waals surface area contributed by atoms with Crippen LogP contribution in [0.3, 0.4) is 0 Å². The molecule has 0 radical (unpaired) electrons. The Morgan fingerprint density at radius 3 is 2.40 bits per heavy atom. The second-order valence-electron chi connectivity index (χ2n) is 4.44. The smallest absolute Gasteiger partial charge is 0.170 e. The number of aromatic nitrogens is 3. The first-order valence-corrected chi connectivity index (χ1v) is 7.77. The van der Waals surface area contributed by atoms with Crippen molar-refractivity contribution in [2.24, 2.45) is 12.8 Å². The molecule has 2 N–H and O–H groups in total. The van der Waals surface area contributed by atoms with Gasteiger partial charge in [0.2, 0.25) is 0 Å². The van der Waals surface area contributed by atoms with Crippen LogP contribution in [0.25, 0.3) is 0 Å². The summed E-state index contributed by atoms with van der Waals surface area (Å²) in [5.74, 6) is 2.40. The van der Waals surface area contributed by atoms with Crippen molar-refractivity contribution in [1.29, 1.82) is 0 Å². The molecule has 20 heavy (non-hydrogen) atoms. The van der Waals surface area contributed by atoms with Gasteiger partial charge in [-0.3, -0.25) is 0 Å². The van der Waals surface area contributed by atoms with Crippen molar-refractivity contribution < 1.29 is 4.74 Å². The maximum absolute atomic E-state index is 5.83. The lowest BCUT2D eigenvalue weighted by molar-refractivity contribution is 0.287. The summed E-state index contributed by atoms with van der Waals surface area (Å²) in [5, 5.41) is 8.08. The van der Waals surface area contributed by atoms with E-state index >= 15 is 0 Å². The summed E-state index contributed by atoms with van der Waals surface area (Å²) in [5.41, 5.74) is 6.73. The summed E-state index contributed by atoms with van der Waals surface area (Å²) >= 11 is 7.05. The molecule has 0 saturated carbocycles. The fourth-order valence-corrected chi connectivity index (χ4v) is 3.28. The van der Waals surface area contributed by atoms with Crippen LogP contribution >= 0.6 is 31.9 Å². The van der Waals surface area contributed by atoms with Gasteiger partial charge in [0.15, 0.2) is 5.82 Å². The standard InChI is InChI=1S/C13H16Br2N4O/c1-8-17-18-12(19(8)2)7-20-13-10(14)5-9(3-4-16)6-11(13)15/h5-6H,3-4,7,16H2,1-2H3. The van der Waals surface area contributed by atoms with Crippen molar-refractivity contribution in [3.63, 3.8) is 0 Å². The van der Waals surface area contributed by atoms with E-state index in [9.17, 15) is 0 Å². The monoisotopic (exact) mass is 402 g/mol. The van der Waals surface area contributed by atoms with Gasteiger partial charge in [-0.25, -0.2) is 0 Å². The van der Waals surface area contributed by atoms with Gasteiger partial charge < -0.3 is 15.0 Å². The van der Waals surface area contributed by atoms with E-state index in [4.69, 9.17) is 10.5 Å². The number of hydrogen-bond donors (Lipinski definition) is 1. The summed E-state index contributed by atoms with van der Waals surface area (Å²) < 4.78 is 9.53. The molecule has 0 atom stereocenters. The number of ether oxygens (including phenoxy) is 1. The van der Waals surface area contributed by atoms with Crippen molar-refractivity contribution >= 4 is 31.9 Å². The zero-order valence-corrected chi connectivity index (χ0v) is 14.5. The van der Waals surface area contributed by atoms with Gasteiger partial charge in [0.1, 0.15) is 18.2 Å². The van der Waals surface area contributed by atoms with E-state index in [1.807, 2.05) is 30.7 Å². The third kappa shape index (κ3) is 3.39. The first kappa shape index (κ1) is 15.5. The van der Waals surface area contributed by atoms with Crippen LogP contribution in [0, 0.1) is 6.92 Å². The number of hydrogen-bond acceptors (Lipinski definition) is 4. The first-order valence-electron chi connectivity index (χ1n) is 6.18. The van der Waals surface area contributed by atoms with Crippen molar-refractivity contribution in [2.75, 3.05) is 6.54 Å². The van der Waals surface area contributed by atoms with Crippen LogP contribution in [0.5, 0.6) is 5.75 Å². The van der Waals surface area contributed by atoms with E-state index in [-0.39, 0.29) is 0 Å². The summed E-state index contributed by atoms with van der Waals surface area (Å²) in [6.45, 7) is 2.89. The van der Waals surface area contributed by atoms with E-state index in [2.05, 4.69) is 42.1 Å². The van der Waals surface area contributed by atoms with Crippen molar-refractivity contribution in [1.82, 2.24) is 14.8 Å². The first-order chi connectivity index (χ1) is 9.52. The Labute approximate surface area is 134 Å². The molecule has 0 unspecified atom stereocenters. The molecule has 5 nitrogen and oxygen atoms in total. The van der Waals surface area contributed by atoms with Gasteiger partial charge in [-0.1, -0.05) is 0 Å². The maximum Gasteiger partial charge on any atom is 0.170 e. The van der Waals surface area contributed by atoms with E-state index in [1.54, 1.807) is 0 Å². The highest BCUT2D eigenvalue weighted by Crippen LogP contribution is 2.35. The number of nitrogens with zero attached hydrogens (tertiary/aromatic N) is 3. The van der Waals surface area contributed by atoms with Crippen molar-refractivity contribution in [2.45, 2.75) is 20.0 Å². The van der Waals surface area contributed by atoms with Crippen LogP contribution in [-0.2, 0) is 20.1 Å². The fourth-order valence-electron chi connectivity index (χ4n) is 1.77. The molecule has 1 heterocycles. The molecule has 0 amide bonds. The summed E-state index contributed by atoms with van der Waals surface area (Å²) in [6, 6.07) is 4.05. The van der Waals surface area contributed by atoms with E-state index in [0.717, 1.165) is 38.3 Å². The zero-order chi connectivity index (χ0) is 14.7. The SMILES string of the molecule is Cc1nnc(COc2c(Br)cc(CCN)cc2Br)n1C. The average molecular weight is 404 g/mol. The Hall–Kier alpha value is -0.920. The number of rotatable bonds is 5. The number of halogens is 2. The van der Waals surface area contributed by atoms with Gasteiger partial charge in [-0.15, -0.1) is 10.2 Å². The largest absolute Gasteiger partial charge is 0.483 e. The van der Waals surface area contributed by atoms with Crippen LogP contribution in [-0.4, -0.2) is 21.3 Å². The predicted molar refractivity (Wildman–Crippen MR) is 84.7 cm³/mol. The topological polar surface area (TPSA) is 66.0 Å². The fraction of sp³-hybridized carbons (Fsp3) is 0.385. The lowest BCUT2D eigenvalue weighted by Gasteiger charge is -2.12. The summed E-state index contributed by atoms with van der Waals surface area (Å²) in [6.07, 6.45) is 0.833. The minimum Gasteiger partial charge on any atom is -0.483 e. The van der Waals surface area contributed by atoms with E-state index < -0.39 is 0 Å². The lowest BCUT2D eigenvalue weighted by Crippen LogP contribution is -2.06. The molecule has 2 rings (SSSR count). The second-order valence-corrected chi connectivity index (χ2v) is 6.15. The second kappa shape index (κ2) is 6.69. The van der Waals surface area contributed by atoms with Gasteiger partial charge in [0.25, 0.3) is 0 Å². The Morgan fingerprint density at radius 1 is 1.25 bits per heavy atom. The summed E-state index contributed by atoms with van der Waals surface area (Å²) in [7, 11) is 1.92. The highest BCUT2D eigenvalue weighted by Gasteiger charge is 2.11. The number of nitrogens with two attached hydrogens (primary N) is 1. The predicted octanol–water partition coefficient (Wildman–Crippen LogP) is 2.73. The van der Waals surface area contributed by atoms with E-state index in [0.29, 0.717) is 13.2 Å². The normalized spacial score (nSPS) is 10.8. The Kier molecular flexibility index (Phi) is 5.17. The molecule has 1 aromatic heterocycles. The molecule has 0 saturated heterocycles. The third-order valence-electron chi connectivity index (χ3n) is 3.02. The average Bonchev–Trinajstić information content (AvgIpc) is 2.70. The van der Waals surface area contributed by atoms with Crippen molar-refractivity contribution in [3.8, 4) is 5.75 Å². The molecule has 0 spiro atoms. The highest BCUT2D eigenvalue weighted by atomic mass is 79.9. The molecule has 1 aromatic carbocycles. The molecule has 0 aliphatic heterocycles. The van der Waals surface area contributed by atoms with Gasteiger partial charge in [-0.2, -0.15) is 0 Å². The van der Waals surface area contributed by atoms with E-state index in [1.165, 1.54) is 0 Å². The molecule has 0 aliphatic carbocycles. The molecule has 0 fully saturated rings. The molecule has 7 heteroatoms. The quantitative estimate of drug-likeness (QED) is 0.833. The molecule has 0 bridgehead atoms. The Bertz CT molecular complexity index is 589. The molecule has 108 valence electrons. The lowest BCUT2D eigenvalue weighted by atomic mass is 10.1.